The molecule has 1 heterocycles. The molecule has 2 aromatic rings. The lowest BCUT2D eigenvalue weighted by Crippen LogP contribution is -2.20. The van der Waals surface area contributed by atoms with Crippen molar-refractivity contribution in [2.24, 2.45) is 0 Å². The first kappa shape index (κ1) is 16.3. The minimum Gasteiger partial charge on any atom is -0.489 e. The Morgan fingerprint density at radius 1 is 1.26 bits per heavy atom. The number of nitrogens with one attached hydrogen (secondary N) is 1. The number of hydrogen-bond donors (Lipinski definition) is 1. The second-order valence-corrected chi connectivity index (χ2v) is 6.68. The van der Waals surface area contributed by atoms with Gasteiger partial charge < -0.3 is 14.5 Å². The molecule has 23 heavy (non-hydrogen) atoms. The number of halogens is 1. The van der Waals surface area contributed by atoms with Crippen LogP contribution in [0, 0.1) is 6.92 Å². The average Bonchev–Trinajstić information content (AvgIpc) is 2.98. The maximum Gasteiger partial charge on any atom is 0.140 e. The largest absolute Gasteiger partial charge is 0.489 e. The molecule has 1 aliphatic carbocycles. The maximum absolute atomic E-state index is 6.28. The molecule has 0 saturated heterocycles. The standard InChI is InChI=1S/C18H20ClNO2S/c1-12-15(9-10-21-12)18(23)20-13-7-8-16(19)17(11-13)22-14-5-3-2-4-6-14/h7-11,14H,2-6H2,1H3,(H,20,23). The molecular weight excluding hydrogens is 330 g/mol. The van der Waals surface area contributed by atoms with Crippen molar-refractivity contribution in [3.05, 3.63) is 46.9 Å². The Morgan fingerprint density at radius 3 is 2.74 bits per heavy atom. The molecule has 5 heteroatoms. The van der Waals surface area contributed by atoms with E-state index in [0.29, 0.717) is 10.0 Å². The Labute approximate surface area is 147 Å². The highest BCUT2D eigenvalue weighted by Crippen LogP contribution is 2.32. The monoisotopic (exact) mass is 349 g/mol. The molecule has 1 aromatic heterocycles. The first-order valence-electron chi connectivity index (χ1n) is 7.95. The summed E-state index contributed by atoms with van der Waals surface area (Å²) in [5.41, 5.74) is 1.76. The van der Waals surface area contributed by atoms with E-state index in [0.717, 1.165) is 35.6 Å². The van der Waals surface area contributed by atoms with Crippen molar-refractivity contribution < 1.29 is 9.15 Å². The molecule has 3 nitrogen and oxygen atoms in total. The van der Waals surface area contributed by atoms with Crippen molar-refractivity contribution in [2.45, 2.75) is 45.1 Å². The molecule has 0 unspecified atom stereocenters. The molecule has 1 aliphatic rings. The van der Waals surface area contributed by atoms with Crippen LogP contribution < -0.4 is 10.1 Å². The summed E-state index contributed by atoms with van der Waals surface area (Å²) < 4.78 is 11.4. The minimum atomic E-state index is 0.263. The Balaban J connectivity index is 1.72. The van der Waals surface area contributed by atoms with Gasteiger partial charge >= 0.3 is 0 Å². The van der Waals surface area contributed by atoms with E-state index < -0.39 is 0 Å². The van der Waals surface area contributed by atoms with Crippen LogP contribution in [0.4, 0.5) is 5.69 Å². The van der Waals surface area contributed by atoms with Gasteiger partial charge in [-0.3, -0.25) is 0 Å². The minimum absolute atomic E-state index is 0.263. The summed E-state index contributed by atoms with van der Waals surface area (Å²) in [4.78, 5) is 0.627. The lowest BCUT2D eigenvalue weighted by atomic mass is 9.98. The Morgan fingerprint density at radius 2 is 2.04 bits per heavy atom. The lowest BCUT2D eigenvalue weighted by molar-refractivity contribution is 0.155. The predicted molar refractivity (Wildman–Crippen MR) is 97.7 cm³/mol. The Bertz CT molecular complexity index is 692. The number of rotatable bonds is 4. The summed E-state index contributed by atoms with van der Waals surface area (Å²) in [7, 11) is 0. The van der Waals surface area contributed by atoms with Crippen molar-refractivity contribution >= 4 is 34.5 Å². The number of ether oxygens (including phenoxy) is 1. The van der Waals surface area contributed by atoms with E-state index in [2.05, 4.69) is 5.32 Å². The van der Waals surface area contributed by atoms with Crippen LogP contribution >= 0.6 is 23.8 Å². The van der Waals surface area contributed by atoms with Gasteiger partial charge in [0.2, 0.25) is 0 Å². The highest BCUT2D eigenvalue weighted by molar-refractivity contribution is 7.81. The van der Waals surface area contributed by atoms with Gasteiger partial charge in [0, 0.05) is 11.8 Å². The van der Waals surface area contributed by atoms with Crippen LogP contribution in [-0.4, -0.2) is 11.1 Å². The SMILES string of the molecule is Cc1occc1C(=S)Nc1ccc(Cl)c(OC2CCCCC2)c1. The fraction of sp³-hybridized carbons (Fsp3) is 0.389. The first-order valence-corrected chi connectivity index (χ1v) is 8.74. The summed E-state index contributed by atoms with van der Waals surface area (Å²) >= 11 is 11.7. The smallest absolute Gasteiger partial charge is 0.140 e. The third kappa shape index (κ3) is 4.06. The van der Waals surface area contributed by atoms with Crippen LogP contribution in [0.2, 0.25) is 5.02 Å². The fourth-order valence-corrected chi connectivity index (χ4v) is 3.34. The van der Waals surface area contributed by atoms with Gasteiger partial charge in [0.15, 0.2) is 0 Å². The van der Waals surface area contributed by atoms with Gasteiger partial charge in [-0.1, -0.05) is 30.2 Å². The van der Waals surface area contributed by atoms with Gasteiger partial charge in [-0.15, -0.1) is 0 Å². The van der Waals surface area contributed by atoms with Crippen molar-refractivity contribution in [3.63, 3.8) is 0 Å². The van der Waals surface area contributed by atoms with Crippen molar-refractivity contribution in [1.82, 2.24) is 0 Å². The van der Waals surface area contributed by atoms with Gasteiger partial charge in [0.1, 0.15) is 16.5 Å². The molecule has 1 saturated carbocycles. The number of hydrogen-bond acceptors (Lipinski definition) is 3. The lowest BCUT2D eigenvalue weighted by Gasteiger charge is -2.23. The zero-order valence-corrected chi connectivity index (χ0v) is 14.7. The molecule has 1 N–H and O–H groups in total. The third-order valence-electron chi connectivity index (χ3n) is 4.14. The van der Waals surface area contributed by atoms with Gasteiger partial charge in [-0.25, -0.2) is 0 Å². The highest BCUT2D eigenvalue weighted by Gasteiger charge is 2.17. The normalized spacial score (nSPS) is 15.4. The second-order valence-electron chi connectivity index (χ2n) is 5.87. The van der Waals surface area contributed by atoms with E-state index in [1.165, 1.54) is 19.3 Å². The highest BCUT2D eigenvalue weighted by atomic mass is 35.5. The fourth-order valence-electron chi connectivity index (χ4n) is 2.85. The molecule has 0 amide bonds. The van der Waals surface area contributed by atoms with Gasteiger partial charge in [-0.05, 0) is 50.8 Å². The average molecular weight is 350 g/mol. The third-order valence-corrected chi connectivity index (χ3v) is 4.77. The molecule has 1 aromatic carbocycles. The van der Waals surface area contributed by atoms with E-state index in [1.54, 1.807) is 6.26 Å². The van der Waals surface area contributed by atoms with Crippen molar-refractivity contribution in [1.29, 1.82) is 0 Å². The van der Waals surface area contributed by atoms with E-state index in [-0.39, 0.29) is 6.10 Å². The van der Waals surface area contributed by atoms with Crippen LogP contribution in [0.1, 0.15) is 43.4 Å². The number of aryl methyl sites for hydroxylation is 1. The van der Waals surface area contributed by atoms with Crippen LogP contribution in [0.15, 0.2) is 34.9 Å². The number of thiocarbonyl (C=S) groups is 1. The number of anilines is 1. The molecular formula is C18H20ClNO2S. The van der Waals surface area contributed by atoms with Crippen LogP contribution in [0.3, 0.4) is 0 Å². The molecule has 0 bridgehead atoms. The quantitative estimate of drug-likeness (QED) is 0.713. The van der Waals surface area contributed by atoms with E-state index in [9.17, 15) is 0 Å². The summed E-state index contributed by atoms with van der Waals surface area (Å²) in [6, 6.07) is 7.52. The van der Waals surface area contributed by atoms with E-state index in [1.807, 2.05) is 31.2 Å². The van der Waals surface area contributed by atoms with Crippen LogP contribution in [0.5, 0.6) is 5.75 Å². The van der Waals surface area contributed by atoms with Gasteiger partial charge in [0.05, 0.1) is 23.0 Å². The van der Waals surface area contributed by atoms with E-state index in [4.69, 9.17) is 33.0 Å². The zero-order valence-electron chi connectivity index (χ0n) is 13.1. The Kier molecular flexibility index (Phi) is 5.23. The van der Waals surface area contributed by atoms with Crippen LogP contribution in [0.25, 0.3) is 0 Å². The molecule has 0 radical (unpaired) electrons. The summed E-state index contributed by atoms with van der Waals surface area (Å²) in [5, 5.41) is 3.85. The van der Waals surface area contributed by atoms with Crippen molar-refractivity contribution in [3.8, 4) is 5.75 Å². The van der Waals surface area contributed by atoms with E-state index >= 15 is 0 Å². The van der Waals surface area contributed by atoms with Gasteiger partial charge in [0.25, 0.3) is 0 Å². The maximum atomic E-state index is 6.28. The number of furan rings is 1. The Hall–Kier alpha value is -1.52. The second kappa shape index (κ2) is 7.37. The summed E-state index contributed by atoms with van der Waals surface area (Å²) in [6.07, 6.45) is 7.85. The summed E-state index contributed by atoms with van der Waals surface area (Å²) in [5.74, 6) is 1.52. The predicted octanol–water partition coefficient (Wildman–Crippen LogP) is 5.74. The van der Waals surface area contributed by atoms with Gasteiger partial charge in [-0.2, -0.15) is 0 Å². The molecule has 1 fully saturated rings. The first-order chi connectivity index (χ1) is 11.1. The molecule has 0 spiro atoms. The zero-order chi connectivity index (χ0) is 16.2. The molecule has 0 aliphatic heterocycles. The number of benzene rings is 1. The molecule has 0 atom stereocenters. The van der Waals surface area contributed by atoms with Crippen LogP contribution in [-0.2, 0) is 0 Å². The molecule has 122 valence electrons. The van der Waals surface area contributed by atoms with Crippen molar-refractivity contribution in [2.75, 3.05) is 5.32 Å². The molecule has 3 rings (SSSR count). The topological polar surface area (TPSA) is 34.4 Å². The summed E-state index contributed by atoms with van der Waals surface area (Å²) in [6.45, 7) is 1.89.